The van der Waals surface area contributed by atoms with Crippen molar-refractivity contribution in [3.8, 4) is 0 Å². The first-order valence-electron chi connectivity index (χ1n) is 7.04. The number of hydrazone groups is 1. The monoisotopic (exact) mass is 333 g/mol. The van der Waals surface area contributed by atoms with Crippen molar-refractivity contribution in [1.82, 2.24) is 4.98 Å². The van der Waals surface area contributed by atoms with Crippen molar-refractivity contribution in [2.75, 3.05) is 12.1 Å². The molecule has 0 saturated carbocycles. The second-order valence-electron chi connectivity index (χ2n) is 4.37. The van der Waals surface area contributed by atoms with Gasteiger partial charge in [0.1, 0.15) is 0 Å². The Hall–Kier alpha value is -1.96. The molecule has 128 valence electrons. The Morgan fingerprint density at radius 2 is 1.87 bits per heavy atom. The molecular weight excluding hydrogens is 314 g/mol. The summed E-state index contributed by atoms with van der Waals surface area (Å²) in [7, 11) is 1.01. The lowest BCUT2D eigenvalue weighted by atomic mass is 9.94. The lowest BCUT2D eigenvalue weighted by Gasteiger charge is -2.26. The van der Waals surface area contributed by atoms with Gasteiger partial charge in [-0.1, -0.05) is 19.9 Å². The minimum atomic E-state index is -4.75. The average molecular weight is 333 g/mol. The number of pyridine rings is 1. The summed E-state index contributed by atoms with van der Waals surface area (Å²) in [5.41, 5.74) is -0.860. The summed E-state index contributed by atoms with van der Waals surface area (Å²) in [5.74, 6) is -1.60. The van der Waals surface area contributed by atoms with Crippen LogP contribution in [-0.2, 0) is 4.74 Å². The highest BCUT2D eigenvalue weighted by Gasteiger charge is 2.53. The van der Waals surface area contributed by atoms with Crippen LogP contribution < -0.4 is 5.01 Å². The van der Waals surface area contributed by atoms with Gasteiger partial charge in [-0.3, -0.25) is 9.99 Å². The molecule has 3 unspecified atom stereocenters. The van der Waals surface area contributed by atoms with E-state index in [-0.39, 0.29) is 0 Å². The highest BCUT2D eigenvalue weighted by molar-refractivity contribution is 5.96. The summed E-state index contributed by atoms with van der Waals surface area (Å²) in [5, 5.41) is 4.62. The standard InChI is InChI=1S/C13H13F4N3O.C2H6/c1-3-9-10(12(14)21-2)11(13(15,16)17)19-20(9)8-4-6-18-7-5-8;1-2/h3-7,9-10,12H,1H2,2H3;1-2H3. The SMILES string of the molecule is C=CC1C(C(F)OC)C(C(F)(F)F)=NN1c1ccncc1.CC. The van der Waals surface area contributed by atoms with Crippen LogP contribution in [0.3, 0.4) is 0 Å². The van der Waals surface area contributed by atoms with Gasteiger partial charge in [0, 0.05) is 19.5 Å². The van der Waals surface area contributed by atoms with Crippen molar-refractivity contribution >= 4 is 11.4 Å². The molecule has 2 heterocycles. The number of nitrogens with zero attached hydrogens (tertiary/aromatic N) is 3. The lowest BCUT2D eigenvalue weighted by Crippen LogP contribution is -2.42. The van der Waals surface area contributed by atoms with Gasteiger partial charge < -0.3 is 4.74 Å². The van der Waals surface area contributed by atoms with E-state index >= 15 is 0 Å². The predicted octanol–water partition coefficient (Wildman–Crippen LogP) is 3.96. The van der Waals surface area contributed by atoms with Gasteiger partial charge >= 0.3 is 6.18 Å². The number of ether oxygens (including phenoxy) is 1. The first-order chi connectivity index (χ1) is 10.9. The summed E-state index contributed by atoms with van der Waals surface area (Å²) in [6.07, 6.45) is -2.85. The molecule has 1 aromatic rings. The fraction of sp³-hybridized carbons (Fsp3) is 0.467. The van der Waals surface area contributed by atoms with E-state index in [0.29, 0.717) is 5.69 Å². The van der Waals surface area contributed by atoms with E-state index < -0.39 is 30.2 Å². The zero-order chi connectivity index (χ0) is 17.6. The molecule has 8 heteroatoms. The first-order valence-corrected chi connectivity index (χ1v) is 7.04. The molecule has 0 N–H and O–H groups in total. The van der Waals surface area contributed by atoms with Crippen molar-refractivity contribution in [3.05, 3.63) is 37.2 Å². The number of hydrogen-bond donors (Lipinski definition) is 0. The van der Waals surface area contributed by atoms with Crippen LogP contribution in [0.15, 0.2) is 42.3 Å². The quantitative estimate of drug-likeness (QED) is 0.618. The van der Waals surface area contributed by atoms with E-state index in [0.717, 1.165) is 12.1 Å². The Balaban J connectivity index is 0.00000127. The summed E-state index contributed by atoms with van der Waals surface area (Å²) < 4.78 is 57.5. The third-order valence-electron chi connectivity index (χ3n) is 3.15. The van der Waals surface area contributed by atoms with E-state index in [2.05, 4.69) is 21.4 Å². The van der Waals surface area contributed by atoms with Crippen LogP contribution in [0.5, 0.6) is 0 Å². The van der Waals surface area contributed by atoms with Gasteiger partial charge in [0.25, 0.3) is 0 Å². The van der Waals surface area contributed by atoms with Gasteiger partial charge in [0.05, 0.1) is 17.6 Å². The van der Waals surface area contributed by atoms with E-state index in [1.165, 1.54) is 30.6 Å². The topological polar surface area (TPSA) is 37.7 Å². The zero-order valence-electron chi connectivity index (χ0n) is 13.1. The van der Waals surface area contributed by atoms with Gasteiger partial charge in [0.15, 0.2) is 5.71 Å². The van der Waals surface area contributed by atoms with E-state index in [9.17, 15) is 17.6 Å². The molecule has 0 aromatic carbocycles. The van der Waals surface area contributed by atoms with Crippen LogP contribution in [0.25, 0.3) is 0 Å². The molecule has 2 rings (SSSR count). The maximum Gasteiger partial charge on any atom is 0.431 e. The Labute approximate surface area is 132 Å². The van der Waals surface area contributed by atoms with Gasteiger partial charge in [-0.05, 0) is 12.1 Å². The highest BCUT2D eigenvalue weighted by atomic mass is 19.4. The number of hydrogen-bond acceptors (Lipinski definition) is 4. The molecule has 4 nitrogen and oxygen atoms in total. The fourth-order valence-electron chi connectivity index (χ4n) is 2.21. The maximum absolute atomic E-state index is 13.9. The second-order valence-corrected chi connectivity index (χ2v) is 4.37. The van der Waals surface area contributed by atoms with Crippen LogP contribution in [0.1, 0.15) is 13.8 Å². The molecule has 0 aliphatic carbocycles. The number of alkyl halides is 4. The second kappa shape index (κ2) is 8.05. The van der Waals surface area contributed by atoms with Gasteiger partial charge in [-0.2, -0.15) is 18.3 Å². The van der Waals surface area contributed by atoms with Crippen molar-refractivity contribution in [2.24, 2.45) is 11.0 Å². The Morgan fingerprint density at radius 1 is 1.30 bits per heavy atom. The number of halogens is 4. The average Bonchev–Trinajstić information content (AvgIpc) is 2.96. The zero-order valence-corrected chi connectivity index (χ0v) is 13.1. The summed E-state index contributed by atoms with van der Waals surface area (Å²) in [4.78, 5) is 3.78. The van der Waals surface area contributed by atoms with Gasteiger partial charge in [-0.15, -0.1) is 6.58 Å². The third kappa shape index (κ3) is 4.07. The van der Waals surface area contributed by atoms with Crippen molar-refractivity contribution in [3.63, 3.8) is 0 Å². The number of aromatic nitrogens is 1. The van der Waals surface area contributed by atoms with Crippen molar-refractivity contribution in [2.45, 2.75) is 32.4 Å². The third-order valence-corrected chi connectivity index (χ3v) is 3.15. The Morgan fingerprint density at radius 3 is 2.30 bits per heavy atom. The summed E-state index contributed by atoms with van der Waals surface area (Å²) >= 11 is 0. The van der Waals surface area contributed by atoms with E-state index in [1.807, 2.05) is 13.8 Å². The van der Waals surface area contributed by atoms with Gasteiger partial charge in [-0.25, -0.2) is 4.39 Å². The molecule has 0 amide bonds. The van der Waals surface area contributed by atoms with Gasteiger partial charge in [0.2, 0.25) is 6.36 Å². The van der Waals surface area contributed by atoms with E-state index in [4.69, 9.17) is 0 Å². The fourth-order valence-corrected chi connectivity index (χ4v) is 2.21. The molecule has 1 aliphatic rings. The number of rotatable bonds is 4. The number of anilines is 1. The van der Waals surface area contributed by atoms with Crippen LogP contribution in [0.2, 0.25) is 0 Å². The predicted molar refractivity (Wildman–Crippen MR) is 80.9 cm³/mol. The van der Waals surface area contributed by atoms with Crippen LogP contribution in [0.4, 0.5) is 23.2 Å². The molecule has 3 atom stereocenters. The molecule has 0 fully saturated rings. The normalized spacial score (nSPS) is 22.0. The van der Waals surface area contributed by atoms with Crippen molar-refractivity contribution < 1.29 is 22.3 Å². The molecule has 0 spiro atoms. The maximum atomic E-state index is 13.9. The molecule has 0 bridgehead atoms. The summed E-state index contributed by atoms with van der Waals surface area (Å²) in [6, 6.07) is 1.96. The number of methoxy groups -OCH3 is 1. The van der Waals surface area contributed by atoms with Crippen molar-refractivity contribution in [1.29, 1.82) is 0 Å². The molecule has 23 heavy (non-hydrogen) atoms. The molecular formula is C15H19F4N3O. The highest BCUT2D eigenvalue weighted by Crippen LogP contribution is 2.37. The minimum Gasteiger partial charge on any atom is -0.351 e. The first kappa shape index (κ1) is 19.1. The summed E-state index contributed by atoms with van der Waals surface area (Å²) in [6.45, 7) is 7.48. The van der Waals surface area contributed by atoms with E-state index in [1.54, 1.807) is 0 Å². The Bertz CT molecular complexity index is 533. The molecule has 1 aromatic heterocycles. The van der Waals surface area contributed by atoms with Crippen LogP contribution in [-0.4, -0.2) is 36.4 Å². The lowest BCUT2D eigenvalue weighted by molar-refractivity contribution is -0.0782. The minimum absolute atomic E-state index is 0.363. The molecule has 1 aliphatic heterocycles. The largest absolute Gasteiger partial charge is 0.431 e. The molecule has 0 radical (unpaired) electrons. The van der Waals surface area contributed by atoms with Crippen LogP contribution in [0, 0.1) is 5.92 Å². The Kier molecular flexibility index (Phi) is 6.68. The smallest absolute Gasteiger partial charge is 0.351 e. The molecule has 0 saturated heterocycles. The van der Waals surface area contributed by atoms with Crippen LogP contribution >= 0.6 is 0 Å².